The van der Waals surface area contributed by atoms with E-state index >= 15 is 0 Å². The summed E-state index contributed by atoms with van der Waals surface area (Å²) in [5.74, 6) is -0.339. The smallest absolute Gasteiger partial charge is 0.247 e. The summed E-state index contributed by atoms with van der Waals surface area (Å²) in [4.78, 5) is 31.0. The Balaban J connectivity index is 1.77. The van der Waals surface area contributed by atoms with Crippen LogP contribution in [0.15, 0.2) is 30.6 Å². The summed E-state index contributed by atoms with van der Waals surface area (Å²) < 4.78 is 0. The number of rotatable bonds is 2. The average Bonchev–Trinajstić information content (AvgIpc) is 3.11. The minimum atomic E-state index is -0.498. The zero-order valence-electron chi connectivity index (χ0n) is 12.0. The molecule has 3 heterocycles. The maximum absolute atomic E-state index is 12.3. The molecule has 4 rings (SSSR count). The van der Waals surface area contributed by atoms with Gasteiger partial charge >= 0.3 is 0 Å². The molecule has 0 bridgehead atoms. The lowest BCUT2D eigenvalue weighted by Crippen LogP contribution is -2.37. The number of pyridine rings is 1. The van der Waals surface area contributed by atoms with Gasteiger partial charge in [-0.1, -0.05) is 11.6 Å². The Morgan fingerprint density at radius 3 is 3.00 bits per heavy atom. The normalized spacial score (nSPS) is 17.6. The van der Waals surface area contributed by atoms with Crippen molar-refractivity contribution >= 4 is 50.9 Å². The summed E-state index contributed by atoms with van der Waals surface area (Å²) in [5, 5.41) is 7.95. The summed E-state index contributed by atoms with van der Waals surface area (Å²) in [6.07, 6.45) is 4.32. The van der Waals surface area contributed by atoms with Gasteiger partial charge in [0.2, 0.25) is 11.8 Å². The van der Waals surface area contributed by atoms with Gasteiger partial charge in [0.05, 0.1) is 22.9 Å². The number of amides is 2. The molecule has 1 aliphatic rings. The number of nitrogens with zero attached hydrogens (tertiary/aromatic N) is 1. The number of anilines is 1. The molecule has 0 aliphatic carbocycles. The van der Waals surface area contributed by atoms with Crippen molar-refractivity contribution in [1.29, 1.82) is 0 Å². The second-order valence-corrected chi connectivity index (χ2v) is 6.01. The quantitative estimate of drug-likeness (QED) is 0.675. The molecule has 0 unspecified atom stereocenters. The van der Waals surface area contributed by atoms with Gasteiger partial charge in [0, 0.05) is 28.4 Å². The number of carbonyl (C=O) groups excluding carboxylic acids is 2. The number of H-pyrrole nitrogens is 1. The molecule has 1 aliphatic heterocycles. The monoisotopic (exact) mass is 328 g/mol. The van der Waals surface area contributed by atoms with E-state index < -0.39 is 6.04 Å². The molecule has 1 saturated heterocycles. The van der Waals surface area contributed by atoms with Crippen LogP contribution in [0.4, 0.5) is 5.69 Å². The molecule has 2 aromatic heterocycles. The van der Waals surface area contributed by atoms with Gasteiger partial charge in [-0.25, -0.2) is 0 Å². The van der Waals surface area contributed by atoms with E-state index in [9.17, 15) is 9.59 Å². The first-order valence-electron chi connectivity index (χ1n) is 7.27. The predicted molar refractivity (Wildman–Crippen MR) is 88.4 cm³/mol. The first-order chi connectivity index (χ1) is 11.1. The molecule has 0 radical (unpaired) electrons. The maximum atomic E-state index is 12.3. The Labute approximate surface area is 136 Å². The van der Waals surface area contributed by atoms with Crippen molar-refractivity contribution in [2.75, 3.05) is 5.32 Å². The van der Waals surface area contributed by atoms with Crippen LogP contribution in [0.25, 0.3) is 21.8 Å². The van der Waals surface area contributed by atoms with E-state index in [1.807, 2.05) is 12.1 Å². The summed E-state index contributed by atoms with van der Waals surface area (Å²) >= 11 is 6.20. The third-order valence-corrected chi connectivity index (χ3v) is 4.26. The van der Waals surface area contributed by atoms with Gasteiger partial charge in [0.1, 0.15) is 6.04 Å². The van der Waals surface area contributed by atoms with Crippen LogP contribution < -0.4 is 10.6 Å². The number of hydrogen-bond acceptors (Lipinski definition) is 3. The third kappa shape index (κ3) is 2.41. The Morgan fingerprint density at radius 2 is 2.22 bits per heavy atom. The number of aromatic amines is 1. The molecule has 0 spiro atoms. The Hall–Kier alpha value is -2.60. The molecule has 6 nitrogen and oxygen atoms in total. The topological polar surface area (TPSA) is 86.9 Å². The molecule has 7 heteroatoms. The van der Waals surface area contributed by atoms with Gasteiger partial charge in [-0.2, -0.15) is 0 Å². The fraction of sp³-hybridized carbons (Fsp3) is 0.188. The minimum Gasteiger partial charge on any atom is -0.352 e. The van der Waals surface area contributed by atoms with Crippen LogP contribution in [0.5, 0.6) is 0 Å². The first-order valence-corrected chi connectivity index (χ1v) is 7.65. The van der Waals surface area contributed by atoms with Crippen LogP contribution >= 0.6 is 11.6 Å². The van der Waals surface area contributed by atoms with Crippen molar-refractivity contribution in [3.05, 3.63) is 35.6 Å². The van der Waals surface area contributed by atoms with Crippen molar-refractivity contribution in [2.24, 2.45) is 0 Å². The summed E-state index contributed by atoms with van der Waals surface area (Å²) in [6, 6.07) is 4.94. The van der Waals surface area contributed by atoms with E-state index in [-0.39, 0.29) is 11.8 Å². The standard InChI is InChI=1S/C16H13ClN4O2/c17-8-5-10-9-3-4-18-7-13(9)20-15(10)12(6-8)21-16(23)11-1-2-14(22)19-11/h3-7,11,20H,1-2H2,(H,19,22)(H,21,23)/t11-/m0/s1. The highest BCUT2D eigenvalue weighted by molar-refractivity contribution is 6.33. The lowest BCUT2D eigenvalue weighted by molar-refractivity contribution is -0.122. The highest BCUT2D eigenvalue weighted by Crippen LogP contribution is 2.33. The van der Waals surface area contributed by atoms with Gasteiger partial charge in [0.15, 0.2) is 0 Å². The zero-order chi connectivity index (χ0) is 16.0. The number of benzene rings is 1. The van der Waals surface area contributed by atoms with Crippen LogP contribution in [-0.2, 0) is 9.59 Å². The zero-order valence-corrected chi connectivity index (χ0v) is 12.8. The lowest BCUT2D eigenvalue weighted by atomic mass is 10.1. The highest BCUT2D eigenvalue weighted by Gasteiger charge is 2.27. The summed E-state index contributed by atoms with van der Waals surface area (Å²) in [6.45, 7) is 0. The SMILES string of the molecule is O=C1CC[C@@H](C(=O)Nc2cc(Cl)cc3c2[nH]c2cnccc23)N1. The Kier molecular flexibility index (Phi) is 3.20. The second-order valence-electron chi connectivity index (χ2n) is 5.57. The van der Waals surface area contributed by atoms with Crippen LogP contribution in [0, 0.1) is 0 Å². The fourth-order valence-corrected chi connectivity index (χ4v) is 3.16. The van der Waals surface area contributed by atoms with E-state index in [1.165, 1.54) is 0 Å². The van der Waals surface area contributed by atoms with Gasteiger partial charge in [-0.15, -0.1) is 0 Å². The minimum absolute atomic E-state index is 0.0990. The van der Waals surface area contributed by atoms with Gasteiger partial charge in [-0.3, -0.25) is 14.6 Å². The number of halogens is 1. The maximum Gasteiger partial charge on any atom is 0.247 e. The van der Waals surface area contributed by atoms with Gasteiger partial charge in [-0.05, 0) is 24.6 Å². The average molecular weight is 329 g/mol. The van der Waals surface area contributed by atoms with Gasteiger partial charge < -0.3 is 15.6 Å². The molecule has 116 valence electrons. The number of fused-ring (bicyclic) bond motifs is 3. The third-order valence-electron chi connectivity index (χ3n) is 4.04. The molecule has 3 aromatic rings. The van der Waals surface area contributed by atoms with Crippen LogP contribution in [0.2, 0.25) is 5.02 Å². The molecule has 2 amide bonds. The molecule has 0 saturated carbocycles. The van der Waals surface area contributed by atoms with Crippen molar-refractivity contribution in [3.63, 3.8) is 0 Å². The van der Waals surface area contributed by atoms with E-state index in [0.717, 1.165) is 21.8 Å². The summed E-state index contributed by atoms with van der Waals surface area (Å²) in [7, 11) is 0. The number of nitrogens with one attached hydrogen (secondary N) is 3. The number of carbonyl (C=O) groups is 2. The van der Waals surface area contributed by atoms with Crippen molar-refractivity contribution in [3.8, 4) is 0 Å². The number of hydrogen-bond donors (Lipinski definition) is 3. The van der Waals surface area contributed by atoms with E-state index in [4.69, 9.17) is 11.6 Å². The highest BCUT2D eigenvalue weighted by atomic mass is 35.5. The Bertz CT molecular complexity index is 950. The number of aromatic nitrogens is 2. The van der Waals surface area contributed by atoms with Crippen LogP contribution in [0.1, 0.15) is 12.8 Å². The molecule has 1 atom stereocenters. The fourth-order valence-electron chi connectivity index (χ4n) is 2.95. The molecule has 1 fully saturated rings. The molecule has 23 heavy (non-hydrogen) atoms. The molecule has 3 N–H and O–H groups in total. The van der Waals surface area contributed by atoms with Crippen LogP contribution in [-0.4, -0.2) is 27.8 Å². The second kappa shape index (κ2) is 5.24. The van der Waals surface area contributed by atoms with Gasteiger partial charge in [0.25, 0.3) is 0 Å². The first kappa shape index (κ1) is 14.0. The summed E-state index contributed by atoms with van der Waals surface area (Å²) in [5.41, 5.74) is 2.25. The van der Waals surface area contributed by atoms with Crippen molar-refractivity contribution in [1.82, 2.24) is 15.3 Å². The Morgan fingerprint density at radius 1 is 1.35 bits per heavy atom. The molecular weight excluding hydrogens is 316 g/mol. The lowest BCUT2D eigenvalue weighted by Gasteiger charge is -2.12. The predicted octanol–water partition coefficient (Wildman–Crippen LogP) is 2.59. The van der Waals surface area contributed by atoms with Crippen molar-refractivity contribution in [2.45, 2.75) is 18.9 Å². The largest absolute Gasteiger partial charge is 0.352 e. The molecule has 1 aromatic carbocycles. The van der Waals surface area contributed by atoms with E-state index in [2.05, 4.69) is 20.6 Å². The van der Waals surface area contributed by atoms with E-state index in [0.29, 0.717) is 23.6 Å². The molecular formula is C16H13ClN4O2. The van der Waals surface area contributed by atoms with Crippen LogP contribution in [0.3, 0.4) is 0 Å². The van der Waals surface area contributed by atoms with Crippen molar-refractivity contribution < 1.29 is 9.59 Å². The van der Waals surface area contributed by atoms with E-state index in [1.54, 1.807) is 18.5 Å².